The van der Waals surface area contributed by atoms with E-state index in [4.69, 9.17) is 16.9 Å². The molecule has 1 atom stereocenters. The fourth-order valence-electron chi connectivity index (χ4n) is 2.92. The highest BCUT2D eigenvalue weighted by Gasteiger charge is 2.20. The highest BCUT2D eigenvalue weighted by atomic mass is 35.5. The number of nitriles is 1. The number of carbonyl (C=O) groups excluding carboxylic acids is 2. The lowest BCUT2D eigenvalue weighted by Gasteiger charge is -2.15. The number of halogens is 1. The lowest BCUT2D eigenvalue weighted by atomic mass is 10.1. The molecule has 3 rings (SSSR count). The predicted octanol–water partition coefficient (Wildman–Crippen LogP) is 4.46. The van der Waals surface area contributed by atoms with Gasteiger partial charge in [-0.1, -0.05) is 41.6 Å². The SMILES string of the molecule is C=CCn1c(SCC(=O)c2ccc(C#N)cc2)nnc1[C@H](C)NC(=O)c1ccc(Cl)cc1. The first-order valence-electron chi connectivity index (χ1n) is 9.69. The molecule has 0 saturated carbocycles. The Hall–Kier alpha value is -3.41. The van der Waals surface area contributed by atoms with Crippen molar-refractivity contribution in [2.75, 3.05) is 5.75 Å². The van der Waals surface area contributed by atoms with Crippen molar-refractivity contribution in [3.8, 4) is 6.07 Å². The van der Waals surface area contributed by atoms with Crippen LogP contribution in [-0.4, -0.2) is 32.2 Å². The van der Waals surface area contributed by atoms with Crippen molar-refractivity contribution >= 4 is 35.1 Å². The fourth-order valence-corrected chi connectivity index (χ4v) is 3.89. The summed E-state index contributed by atoms with van der Waals surface area (Å²) >= 11 is 7.13. The average Bonchev–Trinajstić information content (AvgIpc) is 3.20. The molecule has 0 spiro atoms. The van der Waals surface area contributed by atoms with Crippen LogP contribution in [-0.2, 0) is 6.54 Å². The third-order valence-electron chi connectivity index (χ3n) is 4.57. The number of carbonyl (C=O) groups is 2. The number of nitrogens with zero attached hydrogens (tertiary/aromatic N) is 4. The van der Waals surface area contributed by atoms with Gasteiger partial charge in [0, 0.05) is 22.7 Å². The second-order valence-electron chi connectivity index (χ2n) is 6.84. The number of aromatic nitrogens is 3. The van der Waals surface area contributed by atoms with Crippen molar-refractivity contribution in [1.82, 2.24) is 20.1 Å². The molecular formula is C23H20ClN5O2S. The van der Waals surface area contributed by atoms with Crippen LogP contribution in [0.5, 0.6) is 0 Å². The van der Waals surface area contributed by atoms with Gasteiger partial charge in [0.15, 0.2) is 16.8 Å². The van der Waals surface area contributed by atoms with E-state index in [9.17, 15) is 9.59 Å². The number of nitrogens with one attached hydrogen (secondary N) is 1. The Morgan fingerprint density at radius 2 is 1.84 bits per heavy atom. The maximum Gasteiger partial charge on any atom is 0.251 e. The van der Waals surface area contributed by atoms with E-state index in [2.05, 4.69) is 22.1 Å². The van der Waals surface area contributed by atoms with Gasteiger partial charge in [-0.2, -0.15) is 5.26 Å². The number of benzene rings is 2. The summed E-state index contributed by atoms with van der Waals surface area (Å²) in [4.78, 5) is 25.0. The predicted molar refractivity (Wildman–Crippen MR) is 124 cm³/mol. The Morgan fingerprint density at radius 3 is 2.47 bits per heavy atom. The van der Waals surface area contributed by atoms with E-state index in [1.54, 1.807) is 54.6 Å². The molecule has 1 heterocycles. The summed E-state index contributed by atoms with van der Waals surface area (Å²) in [5.74, 6) is 0.374. The Balaban J connectivity index is 1.70. The van der Waals surface area contributed by atoms with Gasteiger partial charge in [0.2, 0.25) is 0 Å². The molecule has 0 saturated heterocycles. The van der Waals surface area contributed by atoms with Crippen LogP contribution in [0.4, 0.5) is 0 Å². The lowest BCUT2D eigenvalue weighted by Crippen LogP contribution is -2.28. The summed E-state index contributed by atoms with van der Waals surface area (Å²) in [6.07, 6.45) is 1.70. The molecule has 0 fully saturated rings. The summed E-state index contributed by atoms with van der Waals surface area (Å²) in [7, 11) is 0. The van der Waals surface area contributed by atoms with Gasteiger partial charge in [0.1, 0.15) is 0 Å². The van der Waals surface area contributed by atoms with E-state index in [0.29, 0.717) is 39.2 Å². The van der Waals surface area contributed by atoms with Crippen LogP contribution in [0.3, 0.4) is 0 Å². The van der Waals surface area contributed by atoms with E-state index >= 15 is 0 Å². The van der Waals surface area contributed by atoms with Gasteiger partial charge in [-0.3, -0.25) is 9.59 Å². The molecule has 0 aliphatic rings. The second-order valence-corrected chi connectivity index (χ2v) is 8.22. The van der Waals surface area contributed by atoms with Crippen molar-refractivity contribution in [3.63, 3.8) is 0 Å². The molecule has 0 unspecified atom stereocenters. The number of ketones is 1. The topological polar surface area (TPSA) is 101 Å². The maximum atomic E-state index is 12.5. The van der Waals surface area contributed by atoms with Gasteiger partial charge < -0.3 is 9.88 Å². The number of amides is 1. The van der Waals surface area contributed by atoms with Crippen molar-refractivity contribution in [1.29, 1.82) is 5.26 Å². The van der Waals surface area contributed by atoms with Crippen LogP contribution in [0.25, 0.3) is 0 Å². The normalized spacial score (nSPS) is 11.4. The molecule has 7 nitrogen and oxygen atoms in total. The zero-order chi connectivity index (χ0) is 23.1. The van der Waals surface area contributed by atoms with Crippen molar-refractivity contribution in [2.24, 2.45) is 0 Å². The Morgan fingerprint density at radius 1 is 1.19 bits per heavy atom. The number of Topliss-reactive ketones (excluding diaryl/α,β-unsaturated/α-hetero) is 1. The molecule has 32 heavy (non-hydrogen) atoms. The van der Waals surface area contributed by atoms with Crippen LogP contribution >= 0.6 is 23.4 Å². The fraction of sp³-hybridized carbons (Fsp3) is 0.174. The third-order valence-corrected chi connectivity index (χ3v) is 5.79. The largest absolute Gasteiger partial charge is 0.342 e. The van der Waals surface area contributed by atoms with Gasteiger partial charge >= 0.3 is 0 Å². The second kappa shape index (κ2) is 10.8. The standard InChI is InChI=1S/C23H20ClN5O2S/c1-3-12-29-21(15(2)26-22(31)18-8-10-19(24)11-9-18)27-28-23(29)32-14-20(30)17-6-4-16(13-25)5-7-17/h3-11,15H,1,12,14H2,2H3,(H,26,31)/t15-/m0/s1. The van der Waals surface area contributed by atoms with E-state index in [1.165, 1.54) is 11.8 Å². The first-order valence-corrected chi connectivity index (χ1v) is 11.1. The smallest absolute Gasteiger partial charge is 0.251 e. The molecule has 9 heteroatoms. The Bertz CT molecular complexity index is 1170. The molecule has 0 radical (unpaired) electrons. The number of allylic oxidation sites excluding steroid dienone is 1. The van der Waals surface area contributed by atoms with Crippen LogP contribution < -0.4 is 5.32 Å². The van der Waals surface area contributed by atoms with E-state index in [-0.39, 0.29) is 17.4 Å². The van der Waals surface area contributed by atoms with Crippen molar-refractivity contribution < 1.29 is 9.59 Å². The zero-order valence-electron chi connectivity index (χ0n) is 17.3. The van der Waals surface area contributed by atoms with Crippen LogP contribution in [0, 0.1) is 11.3 Å². The average molecular weight is 466 g/mol. The van der Waals surface area contributed by atoms with E-state index in [1.807, 2.05) is 17.6 Å². The van der Waals surface area contributed by atoms with Crippen LogP contribution in [0.15, 0.2) is 66.3 Å². The molecule has 3 aromatic rings. The first-order chi connectivity index (χ1) is 15.4. The van der Waals surface area contributed by atoms with Crippen molar-refractivity contribution in [2.45, 2.75) is 24.7 Å². The minimum absolute atomic E-state index is 0.0849. The molecule has 0 bridgehead atoms. The maximum absolute atomic E-state index is 12.5. The van der Waals surface area contributed by atoms with E-state index < -0.39 is 6.04 Å². The molecular weight excluding hydrogens is 446 g/mol. The molecule has 0 aliphatic carbocycles. The summed E-state index contributed by atoms with van der Waals surface area (Å²) in [6.45, 7) is 6.01. The zero-order valence-corrected chi connectivity index (χ0v) is 18.9. The highest BCUT2D eigenvalue weighted by Crippen LogP contribution is 2.22. The summed E-state index contributed by atoms with van der Waals surface area (Å²) in [5.41, 5.74) is 1.51. The molecule has 1 amide bonds. The number of hydrogen-bond acceptors (Lipinski definition) is 6. The van der Waals surface area contributed by atoms with Gasteiger partial charge in [-0.05, 0) is 43.3 Å². The number of hydrogen-bond donors (Lipinski definition) is 1. The Kier molecular flexibility index (Phi) is 7.82. The van der Waals surface area contributed by atoms with Gasteiger partial charge in [0.25, 0.3) is 5.91 Å². The minimum Gasteiger partial charge on any atom is -0.342 e. The molecule has 1 aromatic heterocycles. The van der Waals surface area contributed by atoms with Gasteiger partial charge in [-0.15, -0.1) is 16.8 Å². The van der Waals surface area contributed by atoms with Gasteiger partial charge in [-0.25, -0.2) is 0 Å². The van der Waals surface area contributed by atoms with E-state index in [0.717, 1.165) is 0 Å². The highest BCUT2D eigenvalue weighted by molar-refractivity contribution is 7.99. The molecule has 0 aliphatic heterocycles. The minimum atomic E-state index is -0.422. The number of thioether (sulfide) groups is 1. The van der Waals surface area contributed by atoms with Crippen LogP contribution in [0.2, 0.25) is 5.02 Å². The monoisotopic (exact) mass is 465 g/mol. The quantitative estimate of drug-likeness (QED) is 0.284. The lowest BCUT2D eigenvalue weighted by molar-refractivity contribution is 0.0937. The summed E-state index contributed by atoms with van der Waals surface area (Å²) in [5, 5.41) is 21.3. The van der Waals surface area contributed by atoms with Crippen LogP contribution in [0.1, 0.15) is 45.1 Å². The first kappa shape index (κ1) is 23.3. The Labute approximate surface area is 195 Å². The number of rotatable bonds is 9. The van der Waals surface area contributed by atoms with Gasteiger partial charge in [0.05, 0.1) is 23.4 Å². The summed E-state index contributed by atoms with van der Waals surface area (Å²) < 4.78 is 1.82. The molecule has 1 N–H and O–H groups in total. The molecule has 2 aromatic carbocycles. The van der Waals surface area contributed by atoms with Crippen molar-refractivity contribution in [3.05, 3.63) is 88.7 Å². The summed E-state index contributed by atoms with van der Waals surface area (Å²) in [6, 6.07) is 14.7. The third kappa shape index (κ3) is 5.63. The molecule has 162 valence electrons.